The lowest BCUT2D eigenvalue weighted by Crippen LogP contribution is -2.56. The number of nitrogens with zero attached hydrogens (tertiary/aromatic N) is 1. The molecule has 2 aliphatic rings. The summed E-state index contributed by atoms with van der Waals surface area (Å²) in [6, 6.07) is 8.42. The summed E-state index contributed by atoms with van der Waals surface area (Å²) in [5.74, 6) is -1.66. The van der Waals surface area contributed by atoms with Gasteiger partial charge < -0.3 is 9.47 Å². The maximum Gasteiger partial charge on any atom is 0.490 e. The number of carbonyl (C=O) groups is 1. The molecule has 5 nitrogen and oxygen atoms in total. The van der Waals surface area contributed by atoms with Gasteiger partial charge in [-0.3, -0.25) is 5.32 Å². The van der Waals surface area contributed by atoms with Crippen molar-refractivity contribution in [2.24, 2.45) is 0 Å². The van der Waals surface area contributed by atoms with Crippen LogP contribution in [0.15, 0.2) is 24.3 Å². The lowest BCUT2D eigenvalue weighted by Gasteiger charge is -2.38. The molecule has 1 N–H and O–H groups in total. The normalized spacial score (nSPS) is 28.9. The first kappa shape index (κ1) is 16.6. The van der Waals surface area contributed by atoms with Gasteiger partial charge in [0.15, 0.2) is 5.72 Å². The topological polar surface area (TPSA) is 71.3 Å². The first-order valence-electron chi connectivity index (χ1n) is 7.54. The fourth-order valence-corrected chi connectivity index (χ4v) is 3.28. The van der Waals surface area contributed by atoms with Crippen LogP contribution in [-0.4, -0.2) is 30.0 Å². The number of alkyl halides is 3. The zero-order valence-corrected chi connectivity index (χ0v) is 12.6. The number of ether oxygens (including phenoxy) is 2. The van der Waals surface area contributed by atoms with E-state index in [9.17, 15) is 18.0 Å². The van der Waals surface area contributed by atoms with E-state index in [4.69, 9.17) is 14.7 Å². The van der Waals surface area contributed by atoms with Gasteiger partial charge in [0.1, 0.15) is 11.9 Å². The number of rotatable bonds is 3. The van der Waals surface area contributed by atoms with Crippen molar-refractivity contribution in [2.45, 2.75) is 49.7 Å². The lowest BCUT2D eigenvalue weighted by molar-refractivity contribution is -0.219. The second kappa shape index (κ2) is 5.98. The van der Waals surface area contributed by atoms with Crippen molar-refractivity contribution in [2.75, 3.05) is 0 Å². The van der Waals surface area contributed by atoms with Crippen molar-refractivity contribution >= 4 is 5.97 Å². The zero-order chi connectivity index (χ0) is 17.4. The molecule has 0 radical (unpaired) electrons. The molecule has 8 heteroatoms. The second-order valence-corrected chi connectivity index (χ2v) is 6.08. The summed E-state index contributed by atoms with van der Waals surface area (Å²) in [4.78, 5) is 11.2. The molecule has 2 heterocycles. The summed E-state index contributed by atoms with van der Waals surface area (Å²) < 4.78 is 48.0. The van der Waals surface area contributed by atoms with Gasteiger partial charge in [0.2, 0.25) is 0 Å². The van der Waals surface area contributed by atoms with Crippen molar-refractivity contribution in [1.82, 2.24) is 5.32 Å². The van der Waals surface area contributed by atoms with Crippen LogP contribution in [0.2, 0.25) is 0 Å². The molecule has 128 valence electrons. The highest BCUT2D eigenvalue weighted by Gasteiger charge is 2.53. The third kappa shape index (κ3) is 3.46. The van der Waals surface area contributed by atoms with Crippen LogP contribution >= 0.6 is 0 Å². The summed E-state index contributed by atoms with van der Waals surface area (Å²) in [7, 11) is 0. The van der Waals surface area contributed by atoms with Crippen molar-refractivity contribution in [3.63, 3.8) is 0 Å². The minimum atomic E-state index is -5.02. The maximum atomic E-state index is 12.5. The van der Waals surface area contributed by atoms with E-state index in [-0.39, 0.29) is 18.6 Å². The van der Waals surface area contributed by atoms with Crippen molar-refractivity contribution in [3.8, 4) is 11.8 Å². The Morgan fingerprint density at radius 3 is 2.67 bits per heavy atom. The number of benzene rings is 1. The minimum Gasteiger partial charge on any atom is -0.490 e. The van der Waals surface area contributed by atoms with Crippen LogP contribution in [0.5, 0.6) is 5.75 Å². The molecule has 0 aromatic heterocycles. The monoisotopic (exact) mass is 340 g/mol. The quantitative estimate of drug-likeness (QED) is 0.857. The minimum absolute atomic E-state index is 0.0526. The first-order valence-corrected chi connectivity index (χ1v) is 7.54. The fraction of sp³-hybridized carbons (Fsp3) is 0.500. The Bertz CT molecular complexity index is 669. The van der Waals surface area contributed by atoms with Crippen LogP contribution in [0.25, 0.3) is 0 Å². The van der Waals surface area contributed by atoms with Crippen LogP contribution in [0, 0.1) is 11.3 Å². The number of nitriles is 1. The van der Waals surface area contributed by atoms with Gasteiger partial charge in [-0.2, -0.15) is 18.4 Å². The lowest BCUT2D eigenvalue weighted by atomic mass is 9.99. The molecule has 0 aliphatic carbocycles. The number of esters is 1. The average Bonchev–Trinajstić information content (AvgIpc) is 2.82. The standard InChI is InChI=1S/C16H15F3N2O3/c17-16(18,19)14(22)24-15-6-5-11(21-15)7-13(8-15)23-12-3-1-10(9-20)2-4-12/h1-4,11,13,21H,5-8H2/t11-,13-,15+/m0/s1. The molecular formula is C16H15F3N2O3. The molecule has 2 fully saturated rings. The van der Waals surface area contributed by atoms with Crippen LogP contribution in [0.3, 0.4) is 0 Å². The van der Waals surface area contributed by atoms with Crippen LogP contribution in [0.1, 0.15) is 31.2 Å². The fourth-order valence-electron chi connectivity index (χ4n) is 3.28. The summed E-state index contributed by atoms with van der Waals surface area (Å²) in [6.07, 6.45) is -3.68. The number of piperidine rings is 1. The number of halogens is 3. The maximum absolute atomic E-state index is 12.5. The van der Waals surface area contributed by atoms with Gasteiger partial charge in [-0.05, 0) is 37.1 Å². The Balaban J connectivity index is 1.69. The van der Waals surface area contributed by atoms with Gasteiger partial charge in [0.05, 0.1) is 11.6 Å². The van der Waals surface area contributed by atoms with Crippen molar-refractivity contribution in [3.05, 3.63) is 29.8 Å². The van der Waals surface area contributed by atoms with Crippen molar-refractivity contribution < 1.29 is 27.4 Å². The first-order chi connectivity index (χ1) is 11.3. The third-order valence-corrected chi connectivity index (χ3v) is 4.27. The van der Waals surface area contributed by atoms with Gasteiger partial charge in [0.25, 0.3) is 0 Å². The SMILES string of the molecule is N#Cc1ccc(O[C@H]2C[C@@H]3CC[C@@](OC(=O)C(F)(F)F)(C2)N3)cc1. The van der Waals surface area contributed by atoms with E-state index in [1.165, 1.54) is 0 Å². The Kier molecular flexibility index (Phi) is 4.13. The van der Waals surface area contributed by atoms with Gasteiger partial charge in [-0.25, -0.2) is 4.79 Å². The largest absolute Gasteiger partial charge is 0.490 e. The number of nitrogens with one attached hydrogen (secondary N) is 1. The third-order valence-electron chi connectivity index (χ3n) is 4.27. The molecular weight excluding hydrogens is 325 g/mol. The average molecular weight is 340 g/mol. The molecule has 0 unspecified atom stereocenters. The Morgan fingerprint density at radius 2 is 2.04 bits per heavy atom. The highest BCUT2D eigenvalue weighted by Crippen LogP contribution is 2.39. The number of fused-ring (bicyclic) bond motifs is 2. The van der Waals surface area contributed by atoms with Crippen LogP contribution in [0.4, 0.5) is 13.2 Å². The molecule has 3 atom stereocenters. The van der Waals surface area contributed by atoms with E-state index in [0.717, 1.165) is 0 Å². The summed E-state index contributed by atoms with van der Waals surface area (Å²) in [5, 5.41) is 11.7. The van der Waals surface area contributed by atoms with E-state index in [1.54, 1.807) is 24.3 Å². The van der Waals surface area contributed by atoms with Gasteiger partial charge in [0, 0.05) is 18.9 Å². The predicted octanol–water partition coefficient (Wildman–Crippen LogP) is 2.65. The molecule has 3 rings (SSSR count). The van der Waals surface area contributed by atoms with Gasteiger partial charge in [-0.1, -0.05) is 0 Å². The van der Waals surface area contributed by atoms with E-state index < -0.39 is 17.9 Å². The van der Waals surface area contributed by atoms with Gasteiger partial charge in [-0.15, -0.1) is 0 Å². The van der Waals surface area contributed by atoms with Crippen molar-refractivity contribution in [1.29, 1.82) is 5.26 Å². The highest BCUT2D eigenvalue weighted by molar-refractivity contribution is 5.76. The molecule has 2 saturated heterocycles. The Morgan fingerprint density at radius 1 is 1.33 bits per heavy atom. The summed E-state index contributed by atoms with van der Waals surface area (Å²) in [5.41, 5.74) is -0.837. The van der Waals surface area contributed by atoms with E-state index in [0.29, 0.717) is 30.6 Å². The smallest absolute Gasteiger partial charge is 0.490 e. The van der Waals surface area contributed by atoms with Crippen LogP contribution < -0.4 is 10.1 Å². The predicted molar refractivity (Wildman–Crippen MR) is 75.8 cm³/mol. The second-order valence-electron chi connectivity index (χ2n) is 6.08. The molecule has 0 spiro atoms. The van der Waals surface area contributed by atoms with Gasteiger partial charge >= 0.3 is 12.1 Å². The molecule has 2 bridgehead atoms. The highest BCUT2D eigenvalue weighted by atomic mass is 19.4. The molecule has 1 aromatic rings. The Hall–Kier alpha value is -2.27. The number of hydrogen-bond acceptors (Lipinski definition) is 5. The Labute approximate surface area is 136 Å². The molecule has 0 saturated carbocycles. The summed E-state index contributed by atoms with van der Waals surface area (Å²) >= 11 is 0. The summed E-state index contributed by atoms with van der Waals surface area (Å²) in [6.45, 7) is 0. The zero-order valence-electron chi connectivity index (χ0n) is 12.6. The number of hydrogen-bond donors (Lipinski definition) is 1. The van der Waals surface area contributed by atoms with E-state index in [2.05, 4.69) is 5.32 Å². The molecule has 1 aromatic carbocycles. The van der Waals surface area contributed by atoms with E-state index in [1.807, 2.05) is 6.07 Å². The number of carbonyl (C=O) groups excluding carboxylic acids is 1. The molecule has 0 amide bonds. The van der Waals surface area contributed by atoms with E-state index >= 15 is 0 Å². The molecule has 2 aliphatic heterocycles. The molecule has 24 heavy (non-hydrogen) atoms. The van der Waals surface area contributed by atoms with Crippen LogP contribution in [-0.2, 0) is 9.53 Å².